The molecule has 1 amide bonds. The maximum absolute atomic E-state index is 13.9. The van der Waals surface area contributed by atoms with Crippen molar-refractivity contribution in [2.75, 3.05) is 23.7 Å². The molecule has 0 atom stereocenters. The Labute approximate surface area is 145 Å². The number of benzene rings is 2. The van der Waals surface area contributed by atoms with Crippen molar-refractivity contribution < 1.29 is 22.0 Å². The second-order valence-electron chi connectivity index (χ2n) is 5.44. The molecule has 25 heavy (non-hydrogen) atoms. The van der Waals surface area contributed by atoms with E-state index in [1.54, 1.807) is 0 Å². The van der Waals surface area contributed by atoms with Crippen molar-refractivity contribution in [3.63, 3.8) is 0 Å². The molecule has 0 aromatic heterocycles. The maximum Gasteiger partial charge on any atom is 0.232 e. The maximum atomic E-state index is 13.9. The van der Waals surface area contributed by atoms with Gasteiger partial charge in [-0.05, 0) is 29.8 Å². The third-order valence-electron chi connectivity index (χ3n) is 3.44. The number of halogens is 2. The molecule has 0 fully saturated rings. The summed E-state index contributed by atoms with van der Waals surface area (Å²) in [5.41, 5.74) is 0.561. The van der Waals surface area contributed by atoms with E-state index in [4.69, 9.17) is 0 Å². The second-order valence-corrected chi connectivity index (χ2v) is 7.35. The van der Waals surface area contributed by atoms with Crippen molar-refractivity contribution in [1.82, 2.24) is 5.32 Å². The fourth-order valence-corrected chi connectivity index (χ4v) is 3.19. The van der Waals surface area contributed by atoms with Gasteiger partial charge in [0.25, 0.3) is 0 Å². The number of hydrogen-bond acceptors (Lipinski definition) is 3. The highest BCUT2D eigenvalue weighted by Gasteiger charge is 2.20. The number of anilines is 1. The van der Waals surface area contributed by atoms with E-state index in [-0.39, 0.29) is 31.1 Å². The molecular formula is C17H18F2N2O3S. The van der Waals surface area contributed by atoms with E-state index < -0.39 is 21.7 Å². The van der Waals surface area contributed by atoms with Gasteiger partial charge in [0.05, 0.1) is 24.9 Å². The van der Waals surface area contributed by atoms with E-state index in [0.29, 0.717) is 5.56 Å². The summed E-state index contributed by atoms with van der Waals surface area (Å²) >= 11 is 0. The molecule has 8 heteroatoms. The minimum absolute atomic E-state index is 0.0153. The van der Waals surface area contributed by atoms with Crippen LogP contribution in [0.2, 0.25) is 0 Å². The fraction of sp³-hybridized carbons (Fsp3) is 0.235. The Kier molecular flexibility index (Phi) is 6.08. The minimum Gasteiger partial charge on any atom is -0.354 e. The fourth-order valence-electron chi connectivity index (χ4n) is 2.27. The molecule has 0 heterocycles. The molecule has 0 spiro atoms. The molecule has 5 nitrogen and oxygen atoms in total. The highest BCUT2D eigenvalue weighted by molar-refractivity contribution is 7.92. The van der Waals surface area contributed by atoms with Crippen LogP contribution in [0.25, 0.3) is 0 Å². The van der Waals surface area contributed by atoms with Crippen molar-refractivity contribution in [3.05, 3.63) is 65.7 Å². The highest BCUT2D eigenvalue weighted by atomic mass is 32.2. The van der Waals surface area contributed by atoms with Gasteiger partial charge >= 0.3 is 0 Å². The average Bonchev–Trinajstić information content (AvgIpc) is 2.54. The van der Waals surface area contributed by atoms with E-state index in [1.807, 2.05) is 0 Å². The van der Waals surface area contributed by atoms with Crippen molar-refractivity contribution in [2.45, 2.75) is 6.42 Å². The number of nitrogens with one attached hydrogen (secondary N) is 1. The lowest BCUT2D eigenvalue weighted by Crippen LogP contribution is -2.39. The molecule has 0 saturated heterocycles. The number of para-hydroxylation sites is 1. The highest BCUT2D eigenvalue weighted by Crippen LogP contribution is 2.20. The molecule has 2 rings (SSSR count). The Bertz CT molecular complexity index is 839. The number of carbonyl (C=O) groups excluding carboxylic acids is 1. The van der Waals surface area contributed by atoms with Gasteiger partial charge in [-0.25, -0.2) is 17.2 Å². The summed E-state index contributed by atoms with van der Waals surface area (Å²) in [4.78, 5) is 11.9. The summed E-state index contributed by atoms with van der Waals surface area (Å²) in [6.07, 6.45) is 1.01. The Hall–Kier alpha value is -2.48. The first-order chi connectivity index (χ1) is 11.8. The molecule has 1 N–H and O–H groups in total. The molecule has 134 valence electrons. The summed E-state index contributed by atoms with van der Waals surface area (Å²) < 4.78 is 51.4. The number of carbonyl (C=O) groups is 1. The minimum atomic E-state index is -3.70. The zero-order valence-corrected chi connectivity index (χ0v) is 14.4. The monoisotopic (exact) mass is 368 g/mol. The van der Waals surface area contributed by atoms with Crippen LogP contribution in [0.4, 0.5) is 14.5 Å². The summed E-state index contributed by atoms with van der Waals surface area (Å²) in [5, 5.41) is 2.58. The molecular weight excluding hydrogens is 350 g/mol. The van der Waals surface area contributed by atoms with Gasteiger partial charge in [-0.2, -0.15) is 0 Å². The van der Waals surface area contributed by atoms with E-state index >= 15 is 0 Å². The van der Waals surface area contributed by atoms with Crippen LogP contribution in [0, 0.1) is 11.6 Å². The smallest absolute Gasteiger partial charge is 0.232 e. The van der Waals surface area contributed by atoms with Crippen molar-refractivity contribution in [3.8, 4) is 0 Å². The van der Waals surface area contributed by atoms with E-state index in [1.165, 1.54) is 48.5 Å². The number of amides is 1. The van der Waals surface area contributed by atoms with E-state index in [2.05, 4.69) is 5.32 Å². The normalized spacial score (nSPS) is 11.2. The number of rotatable bonds is 7. The molecule has 2 aromatic carbocycles. The Morgan fingerprint density at radius 1 is 1.08 bits per heavy atom. The zero-order valence-electron chi connectivity index (χ0n) is 13.6. The van der Waals surface area contributed by atoms with E-state index in [9.17, 15) is 22.0 Å². The molecule has 0 saturated carbocycles. The van der Waals surface area contributed by atoms with Gasteiger partial charge in [-0.1, -0.05) is 24.3 Å². The molecule has 0 unspecified atom stereocenters. The number of sulfonamides is 1. The molecule has 0 aliphatic rings. The number of hydrogen-bond donors (Lipinski definition) is 1. The predicted molar refractivity (Wildman–Crippen MR) is 91.7 cm³/mol. The van der Waals surface area contributed by atoms with Crippen LogP contribution in [0.5, 0.6) is 0 Å². The number of nitrogens with zero attached hydrogens (tertiary/aromatic N) is 1. The molecule has 0 radical (unpaired) electrons. The molecule has 0 aliphatic heterocycles. The van der Waals surface area contributed by atoms with E-state index in [0.717, 1.165) is 10.6 Å². The van der Waals surface area contributed by atoms with Crippen LogP contribution < -0.4 is 9.62 Å². The Morgan fingerprint density at radius 3 is 2.32 bits per heavy atom. The predicted octanol–water partition coefficient (Wildman–Crippen LogP) is 2.09. The van der Waals surface area contributed by atoms with Crippen LogP contribution in [0.3, 0.4) is 0 Å². The van der Waals surface area contributed by atoms with Gasteiger partial charge in [0.1, 0.15) is 11.6 Å². The quantitative estimate of drug-likeness (QED) is 0.814. The van der Waals surface area contributed by atoms with Crippen LogP contribution in [-0.2, 0) is 21.2 Å². The summed E-state index contributed by atoms with van der Waals surface area (Å²) in [6, 6.07) is 11.0. The second kappa shape index (κ2) is 8.06. The Morgan fingerprint density at radius 2 is 1.72 bits per heavy atom. The molecule has 2 aromatic rings. The van der Waals surface area contributed by atoms with Gasteiger partial charge < -0.3 is 5.32 Å². The van der Waals surface area contributed by atoms with Crippen molar-refractivity contribution >= 4 is 21.6 Å². The third-order valence-corrected chi connectivity index (χ3v) is 4.62. The third kappa shape index (κ3) is 5.53. The van der Waals surface area contributed by atoms with Crippen molar-refractivity contribution in [1.29, 1.82) is 0 Å². The summed E-state index contributed by atoms with van der Waals surface area (Å²) in [5.74, 6) is -1.39. The SMILES string of the molecule is CS(=O)(=O)N(CCNC(=O)Cc1ccc(F)cc1)c1ccccc1F. The first kappa shape index (κ1) is 18.9. The van der Waals surface area contributed by atoms with Gasteiger partial charge in [0, 0.05) is 6.54 Å². The van der Waals surface area contributed by atoms with Gasteiger partial charge in [0.15, 0.2) is 0 Å². The lowest BCUT2D eigenvalue weighted by atomic mass is 10.1. The molecule has 0 bridgehead atoms. The summed E-state index contributed by atoms with van der Waals surface area (Å²) in [6.45, 7) is -0.0869. The van der Waals surface area contributed by atoms with Gasteiger partial charge in [0.2, 0.25) is 15.9 Å². The Balaban J connectivity index is 1.96. The van der Waals surface area contributed by atoms with Crippen LogP contribution >= 0.6 is 0 Å². The van der Waals surface area contributed by atoms with Crippen LogP contribution in [-0.4, -0.2) is 33.7 Å². The van der Waals surface area contributed by atoms with Crippen LogP contribution in [0.15, 0.2) is 48.5 Å². The average molecular weight is 368 g/mol. The molecule has 0 aliphatic carbocycles. The first-order valence-corrected chi connectivity index (χ1v) is 9.35. The largest absolute Gasteiger partial charge is 0.354 e. The van der Waals surface area contributed by atoms with Crippen molar-refractivity contribution in [2.24, 2.45) is 0 Å². The topological polar surface area (TPSA) is 66.5 Å². The van der Waals surface area contributed by atoms with Gasteiger partial charge in [-0.3, -0.25) is 9.10 Å². The lowest BCUT2D eigenvalue weighted by molar-refractivity contribution is -0.120. The first-order valence-electron chi connectivity index (χ1n) is 7.51. The van der Waals surface area contributed by atoms with Crippen LogP contribution in [0.1, 0.15) is 5.56 Å². The van der Waals surface area contributed by atoms with Gasteiger partial charge in [-0.15, -0.1) is 0 Å². The summed E-state index contributed by atoms with van der Waals surface area (Å²) in [7, 11) is -3.70. The zero-order chi connectivity index (χ0) is 18.4. The lowest BCUT2D eigenvalue weighted by Gasteiger charge is -2.23. The standard InChI is InChI=1S/C17H18F2N2O3S/c1-25(23,24)21(16-5-3-2-4-15(16)19)11-10-20-17(22)12-13-6-8-14(18)9-7-13/h2-9H,10-12H2,1H3,(H,20,22).